The smallest absolute Gasteiger partial charge is 0.222 e. The van der Waals surface area contributed by atoms with Crippen LogP contribution >= 0.6 is 11.6 Å². The number of ether oxygens (including phenoxy) is 2. The van der Waals surface area contributed by atoms with Crippen molar-refractivity contribution < 1.29 is 18.7 Å². The minimum atomic E-state index is -0.839. The lowest BCUT2D eigenvalue weighted by molar-refractivity contribution is -0.140. The predicted octanol–water partition coefficient (Wildman–Crippen LogP) is 6.57. The van der Waals surface area contributed by atoms with Crippen LogP contribution in [0, 0.1) is 23.6 Å². The molecule has 1 saturated carbocycles. The first-order valence-corrected chi connectivity index (χ1v) is 14.7. The average molecular weight is 539 g/mol. The molecule has 210 valence electrons. The van der Waals surface area contributed by atoms with Crippen molar-refractivity contribution in [2.75, 3.05) is 47.5 Å². The molecule has 37 heavy (non-hydrogen) atoms. The second-order valence-electron chi connectivity index (χ2n) is 11.2. The number of benzene rings is 1. The van der Waals surface area contributed by atoms with E-state index in [9.17, 15) is 4.79 Å². The van der Waals surface area contributed by atoms with E-state index < -0.39 is 11.4 Å². The molecule has 1 aliphatic heterocycles. The third-order valence-corrected chi connectivity index (χ3v) is 8.99. The van der Waals surface area contributed by atoms with E-state index >= 15 is 4.39 Å². The molecular formula is C30H48ClFN2O3. The summed E-state index contributed by atoms with van der Waals surface area (Å²) in [5, 5.41) is 3.43. The molecule has 0 spiro atoms. The molecule has 1 saturated heterocycles. The Morgan fingerprint density at radius 3 is 2.68 bits per heavy atom. The topological polar surface area (TPSA) is 50.8 Å². The van der Waals surface area contributed by atoms with Crippen molar-refractivity contribution in [2.45, 2.75) is 82.7 Å². The Balaban J connectivity index is 1.76. The van der Waals surface area contributed by atoms with E-state index in [0.29, 0.717) is 37.5 Å². The minimum absolute atomic E-state index is 0.00759. The SMILES string of the molecule is CNC[C@@H](CC(=O)N1CCC[C@@H]([C@](CCCCOC)(OC)c2cccc(Cl)c2F)C1)CC1CCCCC1. The van der Waals surface area contributed by atoms with Crippen molar-refractivity contribution in [1.82, 2.24) is 10.2 Å². The maximum absolute atomic E-state index is 15.4. The van der Waals surface area contributed by atoms with Crippen LogP contribution in [0.5, 0.6) is 0 Å². The number of nitrogens with zero attached hydrogens (tertiary/aromatic N) is 1. The summed E-state index contributed by atoms with van der Waals surface area (Å²) in [7, 11) is 5.34. The molecule has 0 unspecified atom stereocenters. The van der Waals surface area contributed by atoms with Crippen LogP contribution in [0.3, 0.4) is 0 Å². The first-order chi connectivity index (χ1) is 17.9. The van der Waals surface area contributed by atoms with Gasteiger partial charge in [-0.25, -0.2) is 4.39 Å². The number of halogens is 2. The molecule has 1 N–H and O–H groups in total. The van der Waals surface area contributed by atoms with Gasteiger partial charge >= 0.3 is 0 Å². The largest absolute Gasteiger partial charge is 0.385 e. The van der Waals surface area contributed by atoms with E-state index in [1.807, 2.05) is 11.9 Å². The second-order valence-corrected chi connectivity index (χ2v) is 11.6. The van der Waals surface area contributed by atoms with Gasteiger partial charge in [-0.15, -0.1) is 0 Å². The van der Waals surface area contributed by atoms with Crippen LogP contribution in [0.4, 0.5) is 4.39 Å². The number of piperidine rings is 1. The molecule has 2 fully saturated rings. The van der Waals surface area contributed by atoms with Crippen LogP contribution in [0.15, 0.2) is 18.2 Å². The van der Waals surface area contributed by atoms with Gasteiger partial charge in [0.1, 0.15) is 11.4 Å². The zero-order chi connectivity index (χ0) is 26.7. The van der Waals surface area contributed by atoms with Crippen LogP contribution in [0.2, 0.25) is 5.02 Å². The second kappa shape index (κ2) is 15.4. The maximum Gasteiger partial charge on any atom is 0.222 e. The quantitative estimate of drug-likeness (QED) is 0.272. The molecular weight excluding hydrogens is 491 g/mol. The van der Waals surface area contributed by atoms with Gasteiger partial charge in [0.05, 0.1) is 5.02 Å². The van der Waals surface area contributed by atoms with Crippen LogP contribution in [0.1, 0.15) is 82.6 Å². The Kier molecular flexibility index (Phi) is 12.6. The maximum atomic E-state index is 15.4. The van der Waals surface area contributed by atoms with Crippen molar-refractivity contribution in [1.29, 1.82) is 0 Å². The van der Waals surface area contributed by atoms with Crippen molar-refractivity contribution in [3.05, 3.63) is 34.6 Å². The Morgan fingerprint density at radius 2 is 1.97 bits per heavy atom. The summed E-state index contributed by atoms with van der Waals surface area (Å²) in [4.78, 5) is 15.6. The molecule has 1 aromatic carbocycles. The van der Waals surface area contributed by atoms with E-state index in [0.717, 1.165) is 51.1 Å². The van der Waals surface area contributed by atoms with Gasteiger partial charge in [-0.3, -0.25) is 4.79 Å². The third-order valence-electron chi connectivity index (χ3n) is 8.70. The highest BCUT2D eigenvalue weighted by Crippen LogP contribution is 2.44. The summed E-state index contributed by atoms with van der Waals surface area (Å²) in [6, 6.07) is 5.18. The highest BCUT2D eigenvalue weighted by molar-refractivity contribution is 6.30. The molecule has 1 heterocycles. The molecule has 2 aliphatic rings. The van der Waals surface area contributed by atoms with Crippen molar-refractivity contribution in [3.63, 3.8) is 0 Å². The zero-order valence-corrected chi connectivity index (χ0v) is 24.0. The van der Waals surface area contributed by atoms with Gasteiger partial charge in [-0.2, -0.15) is 0 Å². The number of unbranched alkanes of at least 4 members (excludes halogenated alkanes) is 1. The van der Waals surface area contributed by atoms with Crippen LogP contribution in [0.25, 0.3) is 0 Å². The zero-order valence-electron chi connectivity index (χ0n) is 23.2. The minimum Gasteiger partial charge on any atom is -0.385 e. The molecule has 1 amide bonds. The van der Waals surface area contributed by atoms with E-state index in [1.165, 1.54) is 32.1 Å². The Hall–Kier alpha value is -1.21. The van der Waals surface area contributed by atoms with E-state index in [4.69, 9.17) is 21.1 Å². The van der Waals surface area contributed by atoms with Gasteiger partial charge in [-0.1, -0.05) is 55.8 Å². The summed E-state index contributed by atoms with van der Waals surface area (Å²) in [6.07, 6.45) is 12.4. The fourth-order valence-corrected chi connectivity index (χ4v) is 6.96. The number of likely N-dealkylation sites (tertiary alicyclic amines) is 1. The van der Waals surface area contributed by atoms with Crippen molar-refractivity contribution in [2.24, 2.45) is 17.8 Å². The number of rotatable bonds is 14. The summed E-state index contributed by atoms with van der Waals surface area (Å²) < 4.78 is 26.9. The number of hydrogen-bond acceptors (Lipinski definition) is 4. The lowest BCUT2D eigenvalue weighted by Gasteiger charge is -2.45. The Morgan fingerprint density at radius 1 is 1.19 bits per heavy atom. The fraction of sp³-hybridized carbons (Fsp3) is 0.767. The summed E-state index contributed by atoms with van der Waals surface area (Å²) in [6.45, 7) is 2.86. The number of carbonyl (C=O) groups excluding carboxylic acids is 1. The Bertz CT molecular complexity index is 835. The lowest BCUT2D eigenvalue weighted by atomic mass is 9.73. The predicted molar refractivity (Wildman–Crippen MR) is 148 cm³/mol. The van der Waals surface area contributed by atoms with E-state index in [2.05, 4.69) is 5.32 Å². The van der Waals surface area contributed by atoms with Crippen LogP contribution < -0.4 is 5.32 Å². The molecule has 3 rings (SSSR count). The molecule has 0 radical (unpaired) electrons. The highest BCUT2D eigenvalue weighted by atomic mass is 35.5. The van der Waals surface area contributed by atoms with Gasteiger partial charge < -0.3 is 19.7 Å². The highest BCUT2D eigenvalue weighted by Gasteiger charge is 2.45. The van der Waals surface area contributed by atoms with Crippen molar-refractivity contribution >= 4 is 17.5 Å². The number of nitrogens with one attached hydrogen (secondary N) is 1. The van der Waals surface area contributed by atoms with Crippen molar-refractivity contribution in [3.8, 4) is 0 Å². The molecule has 1 aliphatic carbocycles. The van der Waals surface area contributed by atoms with Gasteiger partial charge in [0.15, 0.2) is 0 Å². The first kappa shape index (κ1) is 30.3. The average Bonchev–Trinajstić information content (AvgIpc) is 2.92. The summed E-state index contributed by atoms with van der Waals surface area (Å²) in [5.74, 6) is 0.895. The van der Waals surface area contributed by atoms with E-state index in [-0.39, 0.29) is 16.8 Å². The van der Waals surface area contributed by atoms with Gasteiger partial charge in [0.25, 0.3) is 0 Å². The first-order valence-electron chi connectivity index (χ1n) is 14.4. The Labute approximate surface area is 228 Å². The monoisotopic (exact) mass is 538 g/mol. The number of methoxy groups -OCH3 is 2. The van der Waals surface area contributed by atoms with Gasteiger partial charge in [0.2, 0.25) is 5.91 Å². The number of carbonyl (C=O) groups is 1. The number of amides is 1. The molecule has 0 bridgehead atoms. The molecule has 1 aromatic rings. The summed E-state index contributed by atoms with van der Waals surface area (Å²) >= 11 is 6.22. The van der Waals surface area contributed by atoms with Gasteiger partial charge in [0, 0.05) is 51.8 Å². The molecule has 5 nitrogen and oxygen atoms in total. The van der Waals surface area contributed by atoms with Crippen LogP contribution in [-0.4, -0.2) is 58.3 Å². The third kappa shape index (κ3) is 8.14. The van der Waals surface area contributed by atoms with Gasteiger partial charge in [-0.05, 0) is 70.0 Å². The standard InChI is InChI=1S/C30H48ClFN2O3/c1-33-21-24(19-23-11-5-4-6-12-23)20-28(35)34-17-10-13-25(22-34)30(37-3,16-7-8-18-36-2)26-14-9-15-27(31)29(26)32/h9,14-15,23-25,33H,4-8,10-13,16-22H2,1-3H3/t24-,25-,30+/m1/s1. The summed E-state index contributed by atoms with van der Waals surface area (Å²) in [5.41, 5.74) is -0.335. The fourth-order valence-electron chi connectivity index (χ4n) is 6.78. The molecule has 3 atom stereocenters. The normalized spacial score (nSPS) is 21.5. The van der Waals surface area contributed by atoms with Crippen LogP contribution in [-0.2, 0) is 19.9 Å². The molecule has 0 aromatic heterocycles. The molecule has 7 heteroatoms. The van der Waals surface area contributed by atoms with E-state index in [1.54, 1.807) is 32.4 Å². The number of hydrogen-bond donors (Lipinski definition) is 1. The lowest BCUT2D eigenvalue weighted by Crippen LogP contribution is -2.49.